The van der Waals surface area contributed by atoms with E-state index in [0.717, 1.165) is 25.2 Å². The van der Waals surface area contributed by atoms with Gasteiger partial charge in [0, 0.05) is 29.4 Å². The minimum Gasteiger partial charge on any atom is -0.312 e. The van der Waals surface area contributed by atoms with Gasteiger partial charge in [0.05, 0.1) is 0 Å². The highest BCUT2D eigenvalue weighted by Gasteiger charge is 2.19. The van der Waals surface area contributed by atoms with Gasteiger partial charge in [0.1, 0.15) is 0 Å². The molecule has 1 N–H and O–H groups in total. The second kappa shape index (κ2) is 6.62. The van der Waals surface area contributed by atoms with Crippen LogP contribution in [0.5, 0.6) is 0 Å². The van der Waals surface area contributed by atoms with Crippen LogP contribution in [0.4, 0.5) is 5.69 Å². The SMILES string of the molecule is O=C(NC1=NCCCN1c1ccccc1)c1ccc(Cl)cc1. The lowest BCUT2D eigenvalue weighted by Gasteiger charge is -2.29. The first kappa shape index (κ1) is 14.6. The number of halogens is 1. The Kier molecular flexibility index (Phi) is 4.39. The van der Waals surface area contributed by atoms with E-state index >= 15 is 0 Å². The summed E-state index contributed by atoms with van der Waals surface area (Å²) in [4.78, 5) is 18.8. The lowest BCUT2D eigenvalue weighted by molar-refractivity contribution is 0.0976. The molecule has 0 fully saturated rings. The summed E-state index contributed by atoms with van der Waals surface area (Å²) >= 11 is 5.85. The van der Waals surface area contributed by atoms with Crippen molar-refractivity contribution < 1.29 is 4.79 Å². The second-order valence-corrected chi connectivity index (χ2v) is 5.44. The Bertz CT molecular complexity index is 683. The summed E-state index contributed by atoms with van der Waals surface area (Å²) in [6, 6.07) is 16.7. The molecule has 112 valence electrons. The fourth-order valence-corrected chi connectivity index (χ4v) is 2.47. The Labute approximate surface area is 134 Å². The fraction of sp³-hybridized carbons (Fsp3) is 0.176. The maximum absolute atomic E-state index is 12.3. The number of guanidine groups is 1. The van der Waals surface area contributed by atoms with Crippen molar-refractivity contribution in [3.05, 3.63) is 65.2 Å². The van der Waals surface area contributed by atoms with Gasteiger partial charge in [-0.15, -0.1) is 0 Å². The van der Waals surface area contributed by atoms with Crippen LogP contribution in [-0.2, 0) is 0 Å². The van der Waals surface area contributed by atoms with Gasteiger partial charge >= 0.3 is 0 Å². The average molecular weight is 314 g/mol. The molecule has 1 aliphatic rings. The number of benzene rings is 2. The average Bonchev–Trinajstić information content (AvgIpc) is 2.57. The molecule has 0 radical (unpaired) electrons. The number of nitrogens with one attached hydrogen (secondary N) is 1. The van der Waals surface area contributed by atoms with Crippen molar-refractivity contribution in [2.45, 2.75) is 6.42 Å². The van der Waals surface area contributed by atoms with Crippen LogP contribution in [0, 0.1) is 0 Å². The van der Waals surface area contributed by atoms with Gasteiger partial charge in [-0.2, -0.15) is 0 Å². The number of nitrogens with zero attached hydrogens (tertiary/aromatic N) is 2. The summed E-state index contributed by atoms with van der Waals surface area (Å²) in [5, 5.41) is 3.51. The van der Waals surface area contributed by atoms with E-state index in [1.165, 1.54) is 0 Å². The topological polar surface area (TPSA) is 44.7 Å². The third-order valence-corrected chi connectivity index (χ3v) is 3.71. The number of carbonyl (C=O) groups is 1. The molecule has 0 unspecified atom stereocenters. The minimum atomic E-state index is -0.182. The lowest BCUT2D eigenvalue weighted by atomic mass is 10.2. The number of aliphatic imine (C=N–C) groups is 1. The maximum atomic E-state index is 12.3. The van der Waals surface area contributed by atoms with Crippen LogP contribution in [0.3, 0.4) is 0 Å². The van der Waals surface area contributed by atoms with E-state index in [4.69, 9.17) is 11.6 Å². The van der Waals surface area contributed by atoms with Crippen molar-refractivity contribution in [3.8, 4) is 0 Å². The molecule has 0 spiro atoms. The first-order valence-corrected chi connectivity index (χ1v) is 7.56. The second-order valence-electron chi connectivity index (χ2n) is 5.01. The first-order chi connectivity index (χ1) is 10.7. The van der Waals surface area contributed by atoms with E-state index in [1.54, 1.807) is 24.3 Å². The van der Waals surface area contributed by atoms with Crippen LogP contribution in [0.1, 0.15) is 16.8 Å². The molecule has 0 saturated carbocycles. The third-order valence-electron chi connectivity index (χ3n) is 3.46. The van der Waals surface area contributed by atoms with Crippen LogP contribution in [0.15, 0.2) is 59.6 Å². The summed E-state index contributed by atoms with van der Waals surface area (Å²) in [5.41, 5.74) is 1.59. The smallest absolute Gasteiger partial charge is 0.257 e. The van der Waals surface area contributed by atoms with E-state index in [1.807, 2.05) is 35.2 Å². The zero-order valence-electron chi connectivity index (χ0n) is 12.0. The highest BCUT2D eigenvalue weighted by molar-refractivity contribution is 6.30. The van der Waals surface area contributed by atoms with Gasteiger partial charge in [-0.1, -0.05) is 29.8 Å². The highest BCUT2D eigenvalue weighted by atomic mass is 35.5. The standard InChI is InChI=1S/C17H16ClN3O/c18-14-9-7-13(8-10-14)16(22)20-17-19-11-4-12-21(17)15-5-2-1-3-6-15/h1-3,5-10H,4,11-12H2,(H,19,20,22). The molecule has 1 amide bonds. The zero-order chi connectivity index (χ0) is 15.4. The summed E-state index contributed by atoms with van der Waals surface area (Å²) in [7, 11) is 0. The molecule has 2 aromatic rings. The predicted octanol–water partition coefficient (Wildman–Crippen LogP) is 3.34. The largest absolute Gasteiger partial charge is 0.312 e. The van der Waals surface area contributed by atoms with Crippen LogP contribution < -0.4 is 10.2 Å². The number of anilines is 1. The van der Waals surface area contributed by atoms with E-state index < -0.39 is 0 Å². The molecule has 22 heavy (non-hydrogen) atoms. The van der Waals surface area contributed by atoms with Crippen molar-refractivity contribution in [1.29, 1.82) is 0 Å². The number of carbonyl (C=O) groups excluding carboxylic acids is 1. The van der Waals surface area contributed by atoms with Crippen molar-refractivity contribution >= 4 is 29.2 Å². The summed E-state index contributed by atoms with van der Waals surface area (Å²) in [6.45, 7) is 1.56. The van der Waals surface area contributed by atoms with Crippen LogP contribution in [-0.4, -0.2) is 25.0 Å². The molecule has 0 saturated heterocycles. The molecule has 5 heteroatoms. The predicted molar refractivity (Wildman–Crippen MR) is 89.6 cm³/mol. The van der Waals surface area contributed by atoms with Crippen LogP contribution in [0.2, 0.25) is 5.02 Å². The molecule has 4 nitrogen and oxygen atoms in total. The van der Waals surface area contributed by atoms with Gasteiger partial charge in [0.2, 0.25) is 5.96 Å². The Morgan fingerprint density at radius 2 is 1.82 bits per heavy atom. The minimum absolute atomic E-state index is 0.182. The molecule has 0 aliphatic carbocycles. The van der Waals surface area contributed by atoms with Crippen molar-refractivity contribution in [3.63, 3.8) is 0 Å². The monoisotopic (exact) mass is 313 g/mol. The number of amides is 1. The molecular formula is C17H16ClN3O. The molecule has 3 rings (SSSR count). The summed E-state index contributed by atoms with van der Waals surface area (Å²) < 4.78 is 0. The normalized spacial score (nSPS) is 14.4. The molecular weight excluding hydrogens is 298 g/mol. The number of rotatable bonds is 2. The Hall–Kier alpha value is -2.33. The lowest BCUT2D eigenvalue weighted by Crippen LogP contribution is -2.47. The first-order valence-electron chi connectivity index (χ1n) is 7.18. The van der Waals surface area contributed by atoms with Gasteiger partial charge in [-0.25, -0.2) is 0 Å². The number of para-hydroxylation sites is 1. The molecule has 1 heterocycles. The van der Waals surface area contributed by atoms with Gasteiger partial charge < -0.3 is 4.90 Å². The van der Waals surface area contributed by atoms with Crippen molar-refractivity contribution in [1.82, 2.24) is 5.32 Å². The molecule has 1 aliphatic heterocycles. The third kappa shape index (κ3) is 3.28. The quantitative estimate of drug-likeness (QED) is 0.924. The summed E-state index contributed by atoms with van der Waals surface area (Å²) in [6.07, 6.45) is 0.967. The van der Waals surface area contributed by atoms with Gasteiger partial charge in [0.15, 0.2) is 0 Å². The van der Waals surface area contributed by atoms with Gasteiger partial charge in [-0.3, -0.25) is 15.1 Å². The van der Waals surface area contributed by atoms with Crippen LogP contribution in [0.25, 0.3) is 0 Å². The van der Waals surface area contributed by atoms with Crippen molar-refractivity contribution in [2.75, 3.05) is 18.0 Å². The Balaban J connectivity index is 1.79. The zero-order valence-corrected chi connectivity index (χ0v) is 12.8. The van der Waals surface area contributed by atoms with Crippen LogP contribution >= 0.6 is 11.6 Å². The maximum Gasteiger partial charge on any atom is 0.257 e. The molecule has 0 bridgehead atoms. The van der Waals surface area contributed by atoms with E-state index in [0.29, 0.717) is 16.5 Å². The Morgan fingerprint density at radius 1 is 1.09 bits per heavy atom. The molecule has 0 atom stereocenters. The number of hydrogen-bond acceptors (Lipinski definition) is 3. The van der Waals surface area contributed by atoms with E-state index in [2.05, 4.69) is 10.3 Å². The van der Waals surface area contributed by atoms with Crippen molar-refractivity contribution in [2.24, 2.45) is 4.99 Å². The molecule has 0 aromatic heterocycles. The van der Waals surface area contributed by atoms with E-state index in [9.17, 15) is 4.79 Å². The Morgan fingerprint density at radius 3 is 2.55 bits per heavy atom. The van der Waals surface area contributed by atoms with E-state index in [-0.39, 0.29) is 5.91 Å². The van der Waals surface area contributed by atoms with Gasteiger partial charge in [0.25, 0.3) is 5.91 Å². The summed E-state index contributed by atoms with van der Waals surface area (Å²) in [5.74, 6) is 0.413. The fourth-order valence-electron chi connectivity index (χ4n) is 2.35. The highest BCUT2D eigenvalue weighted by Crippen LogP contribution is 2.17. The van der Waals surface area contributed by atoms with Gasteiger partial charge in [-0.05, 0) is 42.8 Å². The molecule has 2 aromatic carbocycles. The number of hydrogen-bond donors (Lipinski definition) is 1.